The van der Waals surface area contributed by atoms with Gasteiger partial charge in [-0.1, -0.05) is 48.5 Å². The molecule has 0 aliphatic carbocycles. The summed E-state index contributed by atoms with van der Waals surface area (Å²) in [6.45, 7) is 0.359. The minimum atomic E-state index is -0.911. The second-order valence-electron chi connectivity index (χ2n) is 8.01. The van der Waals surface area contributed by atoms with Gasteiger partial charge in [-0.2, -0.15) is 0 Å². The number of hydrogen-bond donors (Lipinski definition) is 1. The molecule has 0 radical (unpaired) electrons. The quantitative estimate of drug-likeness (QED) is 0.221. The zero-order valence-corrected chi connectivity index (χ0v) is 18.9. The molecule has 0 saturated carbocycles. The summed E-state index contributed by atoms with van der Waals surface area (Å²) in [5, 5.41) is 3.76. The van der Waals surface area contributed by atoms with Gasteiger partial charge < -0.3 is 18.9 Å². The van der Waals surface area contributed by atoms with Crippen LogP contribution in [0.1, 0.15) is 26.3 Å². The normalized spacial score (nSPS) is 10.9. The van der Waals surface area contributed by atoms with Crippen LogP contribution < -0.4 is 21.3 Å². The van der Waals surface area contributed by atoms with E-state index in [0.717, 1.165) is 5.56 Å². The molecule has 178 valence electrons. The average Bonchev–Trinajstić information content (AvgIpc) is 2.88. The Labute approximate surface area is 203 Å². The summed E-state index contributed by atoms with van der Waals surface area (Å²) in [6, 6.07) is 23.6. The fraction of sp³-hybridized carbons (Fsp3) is 0.0714. The lowest BCUT2D eigenvalue weighted by atomic mass is 10.1. The SMILES string of the molecule is O=C(NCCc1ccccc1)c1cc2ccc(OC(=O)c3cc4ccccc4oc3=O)cc2oc1=O. The van der Waals surface area contributed by atoms with Crippen molar-refractivity contribution in [3.05, 3.63) is 122 Å². The van der Waals surface area contributed by atoms with Crippen LogP contribution in [0.2, 0.25) is 0 Å². The van der Waals surface area contributed by atoms with E-state index in [-0.39, 0.29) is 22.5 Å². The summed E-state index contributed by atoms with van der Waals surface area (Å²) in [4.78, 5) is 49.8. The lowest BCUT2D eigenvalue weighted by Gasteiger charge is -2.07. The highest BCUT2D eigenvalue weighted by atomic mass is 16.5. The molecule has 3 aromatic carbocycles. The maximum atomic E-state index is 12.6. The molecule has 0 atom stereocenters. The van der Waals surface area contributed by atoms with Crippen LogP contribution in [-0.4, -0.2) is 18.4 Å². The maximum absolute atomic E-state index is 12.6. The Hall–Kier alpha value is -4.98. The first-order chi connectivity index (χ1) is 17.5. The number of nitrogens with one attached hydrogen (secondary N) is 1. The second kappa shape index (κ2) is 9.71. The van der Waals surface area contributed by atoms with E-state index in [1.807, 2.05) is 30.3 Å². The van der Waals surface area contributed by atoms with Gasteiger partial charge in [-0.25, -0.2) is 14.4 Å². The van der Waals surface area contributed by atoms with Crippen molar-refractivity contribution in [2.75, 3.05) is 6.54 Å². The van der Waals surface area contributed by atoms with Crippen LogP contribution >= 0.6 is 0 Å². The fourth-order valence-electron chi connectivity index (χ4n) is 3.74. The van der Waals surface area contributed by atoms with E-state index in [9.17, 15) is 19.2 Å². The zero-order valence-electron chi connectivity index (χ0n) is 18.9. The molecule has 5 rings (SSSR count). The molecule has 0 spiro atoms. The summed E-state index contributed by atoms with van der Waals surface area (Å²) in [7, 11) is 0. The van der Waals surface area contributed by atoms with Crippen LogP contribution in [0.5, 0.6) is 5.75 Å². The highest BCUT2D eigenvalue weighted by molar-refractivity contribution is 5.97. The minimum Gasteiger partial charge on any atom is -0.423 e. The number of para-hydroxylation sites is 1. The van der Waals surface area contributed by atoms with E-state index in [1.54, 1.807) is 30.3 Å². The number of ether oxygens (including phenoxy) is 1. The molecule has 1 amide bonds. The van der Waals surface area contributed by atoms with E-state index >= 15 is 0 Å². The lowest BCUT2D eigenvalue weighted by Crippen LogP contribution is -2.29. The highest BCUT2D eigenvalue weighted by Gasteiger charge is 2.18. The summed E-state index contributed by atoms with van der Waals surface area (Å²) in [5.41, 5.74) is -0.505. The monoisotopic (exact) mass is 481 g/mol. The number of amides is 1. The van der Waals surface area contributed by atoms with Gasteiger partial charge in [-0.15, -0.1) is 0 Å². The van der Waals surface area contributed by atoms with Crippen LogP contribution in [0, 0.1) is 0 Å². The maximum Gasteiger partial charge on any atom is 0.351 e. The van der Waals surface area contributed by atoms with Crippen LogP contribution in [-0.2, 0) is 6.42 Å². The van der Waals surface area contributed by atoms with Crippen molar-refractivity contribution in [3.63, 3.8) is 0 Å². The number of carbonyl (C=O) groups excluding carboxylic acids is 2. The average molecular weight is 481 g/mol. The van der Waals surface area contributed by atoms with Gasteiger partial charge in [0.1, 0.15) is 28.0 Å². The van der Waals surface area contributed by atoms with Crippen LogP contribution in [0.25, 0.3) is 21.9 Å². The fourth-order valence-corrected chi connectivity index (χ4v) is 3.74. The van der Waals surface area contributed by atoms with Gasteiger partial charge in [0.05, 0.1) is 0 Å². The Morgan fingerprint density at radius 1 is 0.722 bits per heavy atom. The molecule has 8 nitrogen and oxygen atoms in total. The van der Waals surface area contributed by atoms with E-state index in [4.69, 9.17) is 13.6 Å². The predicted octanol–water partition coefficient (Wildman–Crippen LogP) is 4.09. The molecule has 0 saturated heterocycles. The molecule has 0 bridgehead atoms. The van der Waals surface area contributed by atoms with Crippen LogP contribution in [0.15, 0.2) is 103 Å². The summed E-state index contributed by atoms with van der Waals surface area (Å²) in [5.74, 6) is -1.39. The molecule has 1 N–H and O–H groups in total. The molecule has 0 aliphatic rings. The molecular formula is C28H19NO7. The molecule has 0 aliphatic heterocycles. The number of rotatable bonds is 6. The van der Waals surface area contributed by atoms with Crippen molar-refractivity contribution >= 4 is 33.8 Å². The third kappa shape index (κ3) is 4.78. The number of carbonyl (C=O) groups is 2. The van der Waals surface area contributed by atoms with Gasteiger partial charge >= 0.3 is 17.2 Å². The molecule has 8 heteroatoms. The Balaban J connectivity index is 1.32. The molecule has 2 aromatic heterocycles. The van der Waals surface area contributed by atoms with Gasteiger partial charge in [0.25, 0.3) is 5.91 Å². The number of hydrogen-bond acceptors (Lipinski definition) is 7. The van der Waals surface area contributed by atoms with Crippen molar-refractivity contribution in [1.82, 2.24) is 5.32 Å². The predicted molar refractivity (Wildman–Crippen MR) is 132 cm³/mol. The van der Waals surface area contributed by atoms with Gasteiger partial charge in [-0.05, 0) is 42.3 Å². The summed E-state index contributed by atoms with van der Waals surface area (Å²) >= 11 is 0. The lowest BCUT2D eigenvalue weighted by molar-refractivity contribution is 0.0730. The van der Waals surface area contributed by atoms with Gasteiger partial charge in [0, 0.05) is 23.4 Å². The van der Waals surface area contributed by atoms with Crippen LogP contribution in [0.3, 0.4) is 0 Å². The van der Waals surface area contributed by atoms with Crippen molar-refractivity contribution in [2.24, 2.45) is 0 Å². The Morgan fingerprint density at radius 3 is 2.22 bits per heavy atom. The number of benzene rings is 3. The third-order valence-electron chi connectivity index (χ3n) is 5.57. The molecular weight excluding hydrogens is 462 g/mol. The molecule has 2 heterocycles. The Morgan fingerprint density at radius 2 is 1.39 bits per heavy atom. The zero-order chi connectivity index (χ0) is 25.1. The summed E-state index contributed by atoms with van der Waals surface area (Å²) in [6.07, 6.45) is 0.621. The third-order valence-corrected chi connectivity index (χ3v) is 5.57. The first-order valence-corrected chi connectivity index (χ1v) is 11.1. The van der Waals surface area contributed by atoms with Crippen LogP contribution in [0.4, 0.5) is 0 Å². The standard InChI is InChI=1S/C28H19NO7/c30-25(29-13-12-17-6-2-1-3-7-17)21-14-19-10-11-20(16-24(19)36-26(21)31)34-27(32)22-15-18-8-4-5-9-23(18)35-28(22)33/h1-11,14-16H,12-13H2,(H,29,30). The van der Waals surface area contributed by atoms with Gasteiger partial charge in [0.2, 0.25) is 0 Å². The summed E-state index contributed by atoms with van der Waals surface area (Å²) < 4.78 is 15.8. The minimum absolute atomic E-state index is 0.0586. The van der Waals surface area contributed by atoms with E-state index in [1.165, 1.54) is 24.3 Å². The smallest absolute Gasteiger partial charge is 0.351 e. The van der Waals surface area contributed by atoms with Crippen molar-refractivity contribution < 1.29 is 23.2 Å². The first-order valence-electron chi connectivity index (χ1n) is 11.1. The molecule has 5 aromatic rings. The van der Waals surface area contributed by atoms with Crippen molar-refractivity contribution in [3.8, 4) is 5.75 Å². The second-order valence-corrected chi connectivity index (χ2v) is 8.01. The number of fused-ring (bicyclic) bond motifs is 2. The topological polar surface area (TPSA) is 116 Å². The van der Waals surface area contributed by atoms with Crippen molar-refractivity contribution in [2.45, 2.75) is 6.42 Å². The molecule has 36 heavy (non-hydrogen) atoms. The van der Waals surface area contributed by atoms with Crippen molar-refractivity contribution in [1.29, 1.82) is 0 Å². The largest absolute Gasteiger partial charge is 0.423 e. The highest BCUT2D eigenvalue weighted by Crippen LogP contribution is 2.22. The van der Waals surface area contributed by atoms with Gasteiger partial charge in [0.15, 0.2) is 0 Å². The Bertz CT molecular complexity index is 1720. The van der Waals surface area contributed by atoms with E-state index in [0.29, 0.717) is 29.3 Å². The molecule has 0 unspecified atom stereocenters. The molecule has 0 fully saturated rings. The Kier molecular flexibility index (Phi) is 6.15. The number of esters is 1. The van der Waals surface area contributed by atoms with E-state index < -0.39 is 23.1 Å². The van der Waals surface area contributed by atoms with Gasteiger partial charge in [-0.3, -0.25) is 4.79 Å². The first kappa shape index (κ1) is 22.8. The van der Waals surface area contributed by atoms with E-state index in [2.05, 4.69) is 5.32 Å².